The van der Waals surface area contributed by atoms with Crippen LogP contribution in [0.1, 0.15) is 6.92 Å². The van der Waals surface area contributed by atoms with E-state index in [9.17, 15) is 4.79 Å². The molecule has 1 N–H and O–H groups in total. The van der Waals surface area contributed by atoms with E-state index in [1.54, 1.807) is 18.0 Å². The molecule has 0 aliphatic heterocycles. The Hall–Kier alpha value is -1.76. The molecule has 6 nitrogen and oxygen atoms in total. The van der Waals surface area contributed by atoms with E-state index in [4.69, 9.17) is 4.42 Å². The van der Waals surface area contributed by atoms with Crippen molar-refractivity contribution in [1.82, 2.24) is 20.1 Å². The summed E-state index contributed by atoms with van der Waals surface area (Å²) in [6.45, 7) is 2.12. The van der Waals surface area contributed by atoms with Crippen LogP contribution in [-0.4, -0.2) is 33.0 Å². The summed E-state index contributed by atoms with van der Waals surface area (Å²) in [5.41, 5.74) is 0. The Bertz CT molecular complexity index is 521. The number of hydrogen-bond acceptors (Lipinski definition) is 5. The van der Waals surface area contributed by atoms with Crippen LogP contribution in [0, 0.1) is 0 Å². The van der Waals surface area contributed by atoms with Crippen LogP contribution in [0.25, 0.3) is 11.6 Å². The third-order valence-electron chi connectivity index (χ3n) is 2.28. The molecule has 0 atom stereocenters. The zero-order chi connectivity index (χ0) is 13.0. The molecule has 0 saturated heterocycles. The second-order valence-corrected chi connectivity index (χ2v) is 4.74. The van der Waals surface area contributed by atoms with Gasteiger partial charge in [0.15, 0.2) is 16.7 Å². The van der Waals surface area contributed by atoms with Crippen LogP contribution in [0.2, 0.25) is 0 Å². The molecule has 0 radical (unpaired) electrons. The molecule has 96 valence electrons. The summed E-state index contributed by atoms with van der Waals surface area (Å²) in [6, 6.07) is 3.66. The molecule has 0 aliphatic rings. The van der Waals surface area contributed by atoms with Crippen LogP contribution < -0.4 is 5.32 Å². The van der Waals surface area contributed by atoms with Crippen LogP contribution in [0.3, 0.4) is 0 Å². The summed E-state index contributed by atoms with van der Waals surface area (Å²) in [7, 11) is 1.89. The highest BCUT2D eigenvalue weighted by Gasteiger charge is 2.12. The highest BCUT2D eigenvalue weighted by atomic mass is 32.2. The Labute approximate surface area is 109 Å². The van der Waals surface area contributed by atoms with Crippen LogP contribution in [0.15, 0.2) is 28.0 Å². The van der Waals surface area contributed by atoms with Crippen LogP contribution in [0.4, 0.5) is 0 Å². The Morgan fingerprint density at radius 2 is 2.39 bits per heavy atom. The molecule has 0 bridgehead atoms. The molecule has 2 aromatic heterocycles. The van der Waals surface area contributed by atoms with Crippen molar-refractivity contribution >= 4 is 17.7 Å². The van der Waals surface area contributed by atoms with E-state index in [0.29, 0.717) is 18.1 Å². The van der Waals surface area contributed by atoms with Crippen molar-refractivity contribution in [1.29, 1.82) is 0 Å². The van der Waals surface area contributed by atoms with Crippen LogP contribution >= 0.6 is 11.8 Å². The van der Waals surface area contributed by atoms with Crippen LogP contribution in [0.5, 0.6) is 0 Å². The third-order valence-corrected chi connectivity index (χ3v) is 3.31. The first-order chi connectivity index (χ1) is 8.68. The molecule has 2 aromatic rings. The summed E-state index contributed by atoms with van der Waals surface area (Å²) in [5.74, 6) is 2.12. The summed E-state index contributed by atoms with van der Waals surface area (Å²) in [6.07, 6.45) is 1.60. The van der Waals surface area contributed by atoms with E-state index < -0.39 is 0 Å². The van der Waals surface area contributed by atoms with Gasteiger partial charge in [-0.25, -0.2) is 0 Å². The smallest absolute Gasteiger partial charge is 0.216 e. The average molecular weight is 266 g/mol. The molecule has 2 heterocycles. The van der Waals surface area contributed by atoms with E-state index in [2.05, 4.69) is 15.5 Å². The zero-order valence-electron chi connectivity index (χ0n) is 10.2. The number of aromatic nitrogens is 3. The van der Waals surface area contributed by atoms with Gasteiger partial charge in [0.25, 0.3) is 0 Å². The van der Waals surface area contributed by atoms with Crippen LogP contribution in [-0.2, 0) is 11.8 Å². The lowest BCUT2D eigenvalue weighted by molar-refractivity contribution is -0.118. The topological polar surface area (TPSA) is 73.0 Å². The van der Waals surface area contributed by atoms with Gasteiger partial charge in [-0.15, -0.1) is 10.2 Å². The van der Waals surface area contributed by atoms with Gasteiger partial charge in [-0.2, -0.15) is 0 Å². The van der Waals surface area contributed by atoms with Gasteiger partial charge in [-0.3, -0.25) is 4.79 Å². The normalized spacial score (nSPS) is 10.6. The minimum Gasteiger partial charge on any atom is -0.461 e. The molecular formula is C11H14N4O2S. The van der Waals surface area contributed by atoms with E-state index >= 15 is 0 Å². The quantitative estimate of drug-likeness (QED) is 0.652. The molecular weight excluding hydrogens is 252 g/mol. The standard InChI is InChI=1S/C11H14N4O2S/c1-8(16)12-5-7-18-11-14-13-10(15(11)2)9-4-3-6-17-9/h3-4,6H,5,7H2,1-2H3,(H,12,16). The van der Waals surface area contributed by atoms with Crippen molar-refractivity contribution < 1.29 is 9.21 Å². The Kier molecular flexibility index (Phi) is 4.03. The first-order valence-corrected chi connectivity index (χ1v) is 6.47. The highest BCUT2D eigenvalue weighted by molar-refractivity contribution is 7.99. The molecule has 0 spiro atoms. The van der Waals surface area contributed by atoms with Gasteiger partial charge in [0.2, 0.25) is 5.91 Å². The highest BCUT2D eigenvalue weighted by Crippen LogP contribution is 2.22. The lowest BCUT2D eigenvalue weighted by atomic mass is 10.4. The first kappa shape index (κ1) is 12.7. The molecule has 2 rings (SSSR count). The fourth-order valence-corrected chi connectivity index (χ4v) is 2.20. The number of furan rings is 1. The fourth-order valence-electron chi connectivity index (χ4n) is 1.43. The predicted octanol–water partition coefficient (Wildman–Crippen LogP) is 1.30. The first-order valence-electron chi connectivity index (χ1n) is 5.49. The summed E-state index contributed by atoms with van der Waals surface area (Å²) >= 11 is 1.54. The number of nitrogens with zero attached hydrogens (tertiary/aromatic N) is 3. The molecule has 1 amide bonds. The van der Waals surface area contributed by atoms with Gasteiger partial charge in [-0.1, -0.05) is 11.8 Å². The summed E-state index contributed by atoms with van der Waals surface area (Å²) in [5, 5.41) is 11.7. The zero-order valence-corrected chi connectivity index (χ0v) is 11.0. The minimum atomic E-state index is -0.0233. The lowest BCUT2D eigenvalue weighted by Crippen LogP contribution is -2.22. The Balaban J connectivity index is 1.96. The van der Waals surface area contributed by atoms with Crippen molar-refractivity contribution in [2.24, 2.45) is 7.05 Å². The third kappa shape index (κ3) is 2.92. The van der Waals surface area contributed by atoms with E-state index in [1.165, 1.54) is 6.92 Å². The van der Waals surface area contributed by atoms with Gasteiger partial charge >= 0.3 is 0 Å². The monoisotopic (exact) mass is 266 g/mol. The largest absolute Gasteiger partial charge is 0.461 e. The maximum atomic E-state index is 10.7. The Morgan fingerprint density at radius 1 is 1.56 bits per heavy atom. The molecule has 0 aliphatic carbocycles. The van der Waals surface area contributed by atoms with E-state index in [0.717, 1.165) is 10.9 Å². The van der Waals surface area contributed by atoms with Gasteiger partial charge in [0.1, 0.15) is 0 Å². The predicted molar refractivity (Wildman–Crippen MR) is 68.1 cm³/mol. The van der Waals surface area contributed by atoms with Crippen molar-refractivity contribution in [2.75, 3.05) is 12.3 Å². The van der Waals surface area contributed by atoms with Crippen molar-refractivity contribution in [2.45, 2.75) is 12.1 Å². The van der Waals surface area contributed by atoms with Gasteiger partial charge in [-0.05, 0) is 12.1 Å². The van der Waals surface area contributed by atoms with Crippen molar-refractivity contribution in [3.05, 3.63) is 18.4 Å². The maximum absolute atomic E-state index is 10.7. The number of carbonyl (C=O) groups excluding carboxylic acids is 1. The molecule has 0 fully saturated rings. The number of nitrogens with one attached hydrogen (secondary N) is 1. The summed E-state index contributed by atoms with van der Waals surface area (Å²) < 4.78 is 7.15. The summed E-state index contributed by atoms with van der Waals surface area (Å²) in [4.78, 5) is 10.7. The molecule has 0 aromatic carbocycles. The molecule has 0 unspecified atom stereocenters. The van der Waals surface area contributed by atoms with E-state index in [1.807, 2.05) is 23.7 Å². The maximum Gasteiger partial charge on any atom is 0.216 e. The SMILES string of the molecule is CC(=O)NCCSc1nnc(-c2ccco2)n1C. The minimum absolute atomic E-state index is 0.0233. The number of amides is 1. The van der Waals surface area contributed by atoms with Crippen molar-refractivity contribution in [3.8, 4) is 11.6 Å². The van der Waals surface area contributed by atoms with Gasteiger partial charge in [0, 0.05) is 26.3 Å². The number of carbonyl (C=O) groups is 1. The average Bonchev–Trinajstić information content (AvgIpc) is 2.94. The lowest BCUT2D eigenvalue weighted by Gasteiger charge is -2.02. The number of rotatable bonds is 5. The molecule has 7 heteroatoms. The fraction of sp³-hybridized carbons (Fsp3) is 0.364. The van der Waals surface area contributed by atoms with Gasteiger partial charge in [0.05, 0.1) is 6.26 Å². The Morgan fingerprint density at radius 3 is 3.06 bits per heavy atom. The second-order valence-electron chi connectivity index (χ2n) is 3.67. The van der Waals surface area contributed by atoms with Gasteiger partial charge < -0.3 is 14.3 Å². The molecule has 0 saturated carbocycles. The molecule has 18 heavy (non-hydrogen) atoms. The van der Waals surface area contributed by atoms with E-state index in [-0.39, 0.29) is 5.91 Å². The number of thioether (sulfide) groups is 1. The number of hydrogen-bond donors (Lipinski definition) is 1. The second kappa shape index (κ2) is 5.72. The van der Waals surface area contributed by atoms with Crippen molar-refractivity contribution in [3.63, 3.8) is 0 Å².